The molecule has 0 saturated heterocycles. The third kappa shape index (κ3) is 10.0. The third-order valence-corrected chi connectivity index (χ3v) is 3.86. The van der Waals surface area contributed by atoms with Crippen LogP contribution in [0, 0.1) is 12.8 Å². The van der Waals surface area contributed by atoms with Gasteiger partial charge in [0.2, 0.25) is 0 Å². The highest BCUT2D eigenvalue weighted by molar-refractivity contribution is 14.0. The lowest BCUT2D eigenvalue weighted by Crippen LogP contribution is -2.42. The lowest BCUT2D eigenvalue weighted by molar-refractivity contribution is 0.0925. The summed E-state index contributed by atoms with van der Waals surface area (Å²) < 4.78 is 5.18. The molecule has 1 atom stereocenters. The molecule has 1 rings (SSSR count). The Morgan fingerprint density at radius 3 is 2.54 bits per heavy atom. The van der Waals surface area contributed by atoms with Crippen molar-refractivity contribution in [3.63, 3.8) is 0 Å². The molecule has 0 aromatic carbocycles. The van der Waals surface area contributed by atoms with Gasteiger partial charge in [0, 0.05) is 31.2 Å². The summed E-state index contributed by atoms with van der Waals surface area (Å²) in [5.74, 6) is 1.77. The molecular weight excluding hydrogens is 443 g/mol. The van der Waals surface area contributed by atoms with Crippen LogP contribution in [0.25, 0.3) is 0 Å². The molecule has 0 aliphatic rings. The number of hydrogen-bond donors (Lipinski definition) is 3. The quantitative estimate of drug-likeness (QED) is 0.207. The first-order valence-corrected chi connectivity index (χ1v) is 9.31. The summed E-state index contributed by atoms with van der Waals surface area (Å²) in [7, 11) is 0. The van der Waals surface area contributed by atoms with Crippen LogP contribution >= 0.6 is 24.0 Å². The Kier molecular flexibility index (Phi) is 13.2. The van der Waals surface area contributed by atoms with Gasteiger partial charge in [0.25, 0.3) is 5.91 Å². The zero-order chi connectivity index (χ0) is 18.7. The highest BCUT2D eigenvalue weighted by Crippen LogP contribution is 2.08. The van der Waals surface area contributed by atoms with Gasteiger partial charge in [0.15, 0.2) is 11.7 Å². The molecule has 150 valence electrons. The Morgan fingerprint density at radius 1 is 1.23 bits per heavy atom. The predicted molar refractivity (Wildman–Crippen MR) is 118 cm³/mol. The minimum atomic E-state index is -0.168. The van der Waals surface area contributed by atoms with Gasteiger partial charge < -0.3 is 20.4 Å². The average Bonchev–Trinajstić information content (AvgIpc) is 2.98. The average molecular weight is 478 g/mol. The summed E-state index contributed by atoms with van der Waals surface area (Å²) in [6, 6.07) is 2.18. The Morgan fingerprint density at radius 2 is 1.96 bits per heavy atom. The van der Waals surface area contributed by atoms with Crippen molar-refractivity contribution in [3.8, 4) is 0 Å². The van der Waals surface area contributed by atoms with Gasteiger partial charge >= 0.3 is 0 Å². The van der Waals surface area contributed by atoms with Crippen LogP contribution in [0.1, 0.15) is 63.1 Å². The van der Waals surface area contributed by atoms with Crippen molar-refractivity contribution in [2.24, 2.45) is 10.9 Å². The van der Waals surface area contributed by atoms with Crippen molar-refractivity contribution in [1.29, 1.82) is 0 Å². The standard InChI is InChI=1S/C19H34N4O2.HI/c1-6-20-19(23-16(5)9-8-14(2)3)22-12-7-11-21-18(24)17-15(4)10-13-25-17;/h10,13-14,16H,6-9,11-12H2,1-5H3,(H,21,24)(H2,20,22,23);1H. The minimum Gasteiger partial charge on any atom is -0.459 e. The number of aliphatic imine (C=N–C) groups is 1. The maximum absolute atomic E-state index is 11.9. The van der Waals surface area contributed by atoms with Crippen molar-refractivity contribution in [2.45, 2.75) is 59.9 Å². The topological polar surface area (TPSA) is 78.7 Å². The van der Waals surface area contributed by atoms with E-state index < -0.39 is 0 Å². The molecule has 0 bridgehead atoms. The minimum absolute atomic E-state index is 0. The lowest BCUT2D eigenvalue weighted by atomic mass is 10.0. The fourth-order valence-corrected chi connectivity index (χ4v) is 2.37. The van der Waals surface area contributed by atoms with Crippen molar-refractivity contribution in [2.75, 3.05) is 19.6 Å². The number of halogens is 1. The molecule has 1 unspecified atom stereocenters. The maximum atomic E-state index is 11.9. The van der Waals surface area contributed by atoms with Gasteiger partial charge in [-0.05, 0) is 52.0 Å². The van der Waals surface area contributed by atoms with Gasteiger partial charge in [-0.15, -0.1) is 24.0 Å². The molecule has 6 nitrogen and oxygen atoms in total. The number of carbonyl (C=O) groups excluding carboxylic acids is 1. The molecule has 0 radical (unpaired) electrons. The molecule has 0 fully saturated rings. The number of nitrogens with one attached hydrogen (secondary N) is 3. The lowest BCUT2D eigenvalue weighted by Gasteiger charge is -2.18. The van der Waals surface area contributed by atoms with E-state index in [-0.39, 0.29) is 29.9 Å². The summed E-state index contributed by atoms with van der Waals surface area (Å²) in [5.41, 5.74) is 0.851. The number of rotatable bonds is 10. The molecule has 1 heterocycles. The number of hydrogen-bond acceptors (Lipinski definition) is 3. The first kappa shape index (κ1) is 24.8. The van der Waals surface area contributed by atoms with Gasteiger partial charge in [-0.2, -0.15) is 0 Å². The Hall–Kier alpha value is -1.25. The fraction of sp³-hybridized carbons (Fsp3) is 0.684. The molecule has 0 saturated carbocycles. The molecule has 0 aliphatic carbocycles. The zero-order valence-corrected chi connectivity index (χ0v) is 19.1. The highest BCUT2D eigenvalue weighted by atomic mass is 127. The molecular formula is C19H35IN4O2. The molecule has 0 spiro atoms. The highest BCUT2D eigenvalue weighted by Gasteiger charge is 2.11. The Bertz CT molecular complexity index is 543. The van der Waals surface area contributed by atoms with Crippen molar-refractivity contribution in [3.05, 3.63) is 23.7 Å². The molecule has 1 aromatic heterocycles. The maximum Gasteiger partial charge on any atom is 0.287 e. The first-order chi connectivity index (χ1) is 11.9. The van der Waals surface area contributed by atoms with E-state index in [0.717, 1.165) is 30.9 Å². The Balaban J connectivity index is 0.00000625. The summed E-state index contributed by atoms with van der Waals surface area (Å²) in [6.45, 7) is 12.6. The van der Waals surface area contributed by atoms with Crippen LogP contribution in [0.5, 0.6) is 0 Å². The third-order valence-electron chi connectivity index (χ3n) is 3.86. The van der Waals surface area contributed by atoms with E-state index in [1.807, 2.05) is 6.92 Å². The van der Waals surface area contributed by atoms with Crippen LogP contribution in [0.15, 0.2) is 21.7 Å². The van der Waals surface area contributed by atoms with E-state index in [9.17, 15) is 4.79 Å². The van der Waals surface area contributed by atoms with Crippen LogP contribution in [0.3, 0.4) is 0 Å². The zero-order valence-electron chi connectivity index (χ0n) is 16.7. The van der Waals surface area contributed by atoms with Gasteiger partial charge in [-0.3, -0.25) is 9.79 Å². The normalized spacial score (nSPS) is 12.5. The van der Waals surface area contributed by atoms with E-state index >= 15 is 0 Å². The van der Waals surface area contributed by atoms with Crippen LogP contribution in [0.2, 0.25) is 0 Å². The largest absolute Gasteiger partial charge is 0.459 e. The molecule has 0 aliphatic heterocycles. The van der Waals surface area contributed by atoms with Gasteiger partial charge in [-0.25, -0.2) is 0 Å². The fourth-order valence-electron chi connectivity index (χ4n) is 2.37. The molecule has 7 heteroatoms. The number of carbonyl (C=O) groups is 1. The number of aryl methyl sites for hydroxylation is 1. The van der Waals surface area contributed by atoms with Crippen molar-refractivity contribution < 1.29 is 9.21 Å². The molecule has 1 amide bonds. The van der Waals surface area contributed by atoms with Gasteiger partial charge in [-0.1, -0.05) is 13.8 Å². The van der Waals surface area contributed by atoms with Crippen LogP contribution in [-0.4, -0.2) is 37.5 Å². The van der Waals surface area contributed by atoms with Gasteiger partial charge in [0.05, 0.1) is 6.26 Å². The van der Waals surface area contributed by atoms with E-state index in [0.29, 0.717) is 30.8 Å². The second-order valence-corrected chi connectivity index (χ2v) is 6.82. The molecule has 1 aromatic rings. The first-order valence-electron chi connectivity index (χ1n) is 9.31. The molecule has 26 heavy (non-hydrogen) atoms. The monoisotopic (exact) mass is 478 g/mol. The van der Waals surface area contributed by atoms with Crippen LogP contribution < -0.4 is 16.0 Å². The second kappa shape index (κ2) is 13.9. The van der Waals surface area contributed by atoms with Crippen molar-refractivity contribution in [1.82, 2.24) is 16.0 Å². The number of furan rings is 1. The molecule has 3 N–H and O–H groups in total. The van der Waals surface area contributed by atoms with Crippen LogP contribution in [0.4, 0.5) is 0 Å². The summed E-state index contributed by atoms with van der Waals surface area (Å²) in [6.07, 6.45) is 4.64. The van der Waals surface area contributed by atoms with E-state index in [1.54, 1.807) is 6.07 Å². The summed E-state index contributed by atoms with van der Waals surface area (Å²) in [4.78, 5) is 16.5. The predicted octanol–water partition coefficient (Wildman–Crippen LogP) is 3.71. The van der Waals surface area contributed by atoms with E-state index in [4.69, 9.17) is 4.42 Å². The number of amides is 1. The van der Waals surface area contributed by atoms with Crippen molar-refractivity contribution >= 4 is 35.8 Å². The smallest absolute Gasteiger partial charge is 0.287 e. The number of guanidine groups is 1. The van der Waals surface area contributed by atoms with Gasteiger partial charge in [0.1, 0.15) is 0 Å². The number of nitrogens with zero attached hydrogens (tertiary/aromatic N) is 1. The SMILES string of the molecule is CCNC(=NCCCNC(=O)c1occc1C)NC(C)CCC(C)C.I. The summed E-state index contributed by atoms with van der Waals surface area (Å²) in [5, 5.41) is 9.57. The summed E-state index contributed by atoms with van der Waals surface area (Å²) >= 11 is 0. The van der Waals surface area contributed by atoms with E-state index in [1.165, 1.54) is 12.7 Å². The van der Waals surface area contributed by atoms with E-state index in [2.05, 4.69) is 48.6 Å². The second-order valence-electron chi connectivity index (χ2n) is 6.82. The Labute approximate surface area is 175 Å². The van der Waals surface area contributed by atoms with Crippen LogP contribution in [-0.2, 0) is 0 Å².